The molecule has 0 amide bonds. The molecule has 1 aliphatic heterocycles. The Morgan fingerprint density at radius 1 is 1.53 bits per heavy atom. The molecule has 17 heavy (non-hydrogen) atoms. The van der Waals surface area contributed by atoms with Gasteiger partial charge in [-0.05, 0) is 44.9 Å². The van der Waals surface area contributed by atoms with E-state index in [1.165, 1.54) is 32.1 Å². The Morgan fingerprint density at radius 2 is 2.35 bits per heavy atom. The average Bonchev–Trinajstić information content (AvgIpc) is 2.75. The summed E-state index contributed by atoms with van der Waals surface area (Å²) in [5, 5.41) is 0. The lowest BCUT2D eigenvalue weighted by atomic mass is 9.68. The van der Waals surface area contributed by atoms with Gasteiger partial charge in [-0.25, -0.2) is 0 Å². The Hall–Kier alpha value is -0.790. The molecule has 0 unspecified atom stereocenters. The normalized spacial score (nSPS) is 37.2. The number of hydrogen-bond acceptors (Lipinski definition) is 2. The SMILES string of the molecule is C/C=C/CCC[C@]12CCC[C@H]1[C@H](C)C(=O)OC2. The summed E-state index contributed by atoms with van der Waals surface area (Å²) in [6.45, 7) is 4.80. The van der Waals surface area contributed by atoms with Crippen molar-refractivity contribution in [2.24, 2.45) is 17.3 Å². The number of ether oxygens (including phenoxy) is 1. The van der Waals surface area contributed by atoms with Crippen LogP contribution in [-0.4, -0.2) is 12.6 Å². The Bertz CT molecular complexity index is 308. The zero-order valence-electron chi connectivity index (χ0n) is 11.1. The summed E-state index contributed by atoms with van der Waals surface area (Å²) in [5.41, 5.74) is 0.314. The molecule has 2 nitrogen and oxygen atoms in total. The van der Waals surface area contributed by atoms with E-state index in [1.807, 2.05) is 0 Å². The standard InChI is InChI=1S/C15H24O2/c1-3-4-5-6-9-15-10-7-8-13(15)12(2)14(16)17-11-15/h3-4,12-13H,5-11H2,1-2H3/b4-3+/t12-,13-,15+/m0/s1. The van der Waals surface area contributed by atoms with Gasteiger partial charge in [-0.3, -0.25) is 4.79 Å². The average molecular weight is 236 g/mol. The Morgan fingerprint density at radius 3 is 3.12 bits per heavy atom. The first-order chi connectivity index (χ1) is 8.19. The number of allylic oxidation sites excluding steroid dienone is 2. The van der Waals surface area contributed by atoms with Crippen molar-refractivity contribution in [3.8, 4) is 0 Å². The topological polar surface area (TPSA) is 26.3 Å². The lowest BCUT2D eigenvalue weighted by Gasteiger charge is -2.42. The molecule has 0 N–H and O–H groups in total. The molecule has 1 heterocycles. The van der Waals surface area contributed by atoms with Crippen LogP contribution >= 0.6 is 0 Å². The van der Waals surface area contributed by atoms with Crippen LogP contribution in [0.1, 0.15) is 52.4 Å². The summed E-state index contributed by atoms with van der Waals surface area (Å²) in [6, 6.07) is 0. The molecule has 0 aromatic rings. The van der Waals surface area contributed by atoms with E-state index in [0.29, 0.717) is 17.9 Å². The number of carbonyl (C=O) groups excluding carboxylic acids is 1. The molecule has 0 bridgehead atoms. The highest BCUT2D eigenvalue weighted by atomic mass is 16.5. The fraction of sp³-hybridized carbons (Fsp3) is 0.800. The van der Waals surface area contributed by atoms with Crippen LogP contribution in [0.2, 0.25) is 0 Å². The van der Waals surface area contributed by atoms with Gasteiger partial charge in [0.25, 0.3) is 0 Å². The molecule has 3 atom stereocenters. The third kappa shape index (κ3) is 2.41. The second-order valence-corrected chi connectivity index (χ2v) is 5.72. The van der Waals surface area contributed by atoms with Gasteiger partial charge in [0.1, 0.15) is 0 Å². The van der Waals surface area contributed by atoms with E-state index in [2.05, 4.69) is 26.0 Å². The third-order valence-corrected chi connectivity index (χ3v) is 4.73. The summed E-state index contributed by atoms with van der Waals surface area (Å²) in [7, 11) is 0. The molecule has 0 spiro atoms. The predicted molar refractivity (Wildman–Crippen MR) is 68.6 cm³/mol. The van der Waals surface area contributed by atoms with Crippen molar-refractivity contribution in [1.82, 2.24) is 0 Å². The minimum Gasteiger partial charge on any atom is -0.465 e. The Labute approximate surface area is 104 Å². The number of esters is 1. The first-order valence-electron chi connectivity index (χ1n) is 6.97. The summed E-state index contributed by atoms with van der Waals surface area (Å²) >= 11 is 0. The molecule has 2 rings (SSSR count). The summed E-state index contributed by atoms with van der Waals surface area (Å²) < 4.78 is 5.41. The van der Waals surface area contributed by atoms with Crippen molar-refractivity contribution in [2.45, 2.75) is 52.4 Å². The fourth-order valence-corrected chi connectivity index (χ4v) is 3.76. The molecule has 96 valence electrons. The van der Waals surface area contributed by atoms with Crippen LogP contribution in [0.3, 0.4) is 0 Å². The first-order valence-corrected chi connectivity index (χ1v) is 6.97. The maximum atomic E-state index is 11.6. The first kappa shape index (κ1) is 12.7. The molecule has 1 aliphatic carbocycles. The number of unbranched alkanes of at least 4 members (excludes halogenated alkanes) is 1. The molecule has 1 saturated heterocycles. The fourth-order valence-electron chi connectivity index (χ4n) is 3.76. The van der Waals surface area contributed by atoms with Gasteiger partial charge in [0.05, 0.1) is 12.5 Å². The van der Waals surface area contributed by atoms with Gasteiger partial charge < -0.3 is 4.74 Å². The van der Waals surface area contributed by atoms with Crippen molar-refractivity contribution in [3.05, 3.63) is 12.2 Å². The highest BCUT2D eigenvalue weighted by Crippen LogP contribution is 2.53. The van der Waals surface area contributed by atoms with E-state index in [4.69, 9.17) is 4.74 Å². The van der Waals surface area contributed by atoms with Crippen molar-refractivity contribution in [2.75, 3.05) is 6.61 Å². The van der Waals surface area contributed by atoms with E-state index in [0.717, 1.165) is 6.42 Å². The molecule has 2 aliphatic rings. The van der Waals surface area contributed by atoms with Crippen molar-refractivity contribution < 1.29 is 9.53 Å². The van der Waals surface area contributed by atoms with Crippen LogP contribution in [-0.2, 0) is 9.53 Å². The maximum Gasteiger partial charge on any atom is 0.308 e. The van der Waals surface area contributed by atoms with E-state index >= 15 is 0 Å². The number of cyclic esters (lactones) is 1. The minimum absolute atomic E-state index is 0.0287. The largest absolute Gasteiger partial charge is 0.465 e. The number of fused-ring (bicyclic) bond motifs is 1. The van der Waals surface area contributed by atoms with Crippen LogP contribution in [0.15, 0.2) is 12.2 Å². The number of rotatable bonds is 4. The number of hydrogen-bond donors (Lipinski definition) is 0. The van der Waals surface area contributed by atoms with Crippen LogP contribution in [0.5, 0.6) is 0 Å². The molecule has 0 aromatic heterocycles. The maximum absolute atomic E-state index is 11.6. The molecule has 2 heteroatoms. The van der Waals surface area contributed by atoms with Crippen molar-refractivity contribution in [3.63, 3.8) is 0 Å². The van der Waals surface area contributed by atoms with Crippen LogP contribution in [0.4, 0.5) is 0 Å². The molecule has 0 radical (unpaired) electrons. The van der Waals surface area contributed by atoms with E-state index in [-0.39, 0.29) is 11.9 Å². The van der Waals surface area contributed by atoms with Crippen molar-refractivity contribution in [1.29, 1.82) is 0 Å². The zero-order valence-corrected chi connectivity index (χ0v) is 11.1. The second-order valence-electron chi connectivity index (χ2n) is 5.72. The lowest BCUT2D eigenvalue weighted by Crippen LogP contribution is -2.44. The van der Waals surface area contributed by atoms with Gasteiger partial charge in [0.15, 0.2) is 0 Å². The quantitative estimate of drug-likeness (QED) is 0.422. The van der Waals surface area contributed by atoms with Crippen LogP contribution in [0, 0.1) is 17.3 Å². The van der Waals surface area contributed by atoms with Gasteiger partial charge in [0, 0.05) is 5.41 Å². The second kappa shape index (κ2) is 5.24. The minimum atomic E-state index is 0.0287. The zero-order chi connectivity index (χ0) is 12.3. The summed E-state index contributed by atoms with van der Waals surface area (Å²) in [6.07, 6.45) is 11.7. The molecule has 0 aromatic carbocycles. The summed E-state index contributed by atoms with van der Waals surface area (Å²) in [5.74, 6) is 0.725. The van der Waals surface area contributed by atoms with Gasteiger partial charge in [-0.2, -0.15) is 0 Å². The Kier molecular flexibility index (Phi) is 3.90. The van der Waals surface area contributed by atoms with Crippen LogP contribution in [0.25, 0.3) is 0 Å². The molecule has 1 saturated carbocycles. The molecular formula is C15H24O2. The molecule has 2 fully saturated rings. The molecular weight excluding hydrogens is 212 g/mol. The third-order valence-electron chi connectivity index (χ3n) is 4.73. The van der Waals surface area contributed by atoms with Crippen molar-refractivity contribution >= 4 is 5.97 Å². The predicted octanol–water partition coefficient (Wildman–Crippen LogP) is 3.71. The van der Waals surface area contributed by atoms with E-state index in [9.17, 15) is 4.79 Å². The monoisotopic (exact) mass is 236 g/mol. The van der Waals surface area contributed by atoms with Gasteiger partial charge >= 0.3 is 5.97 Å². The van der Waals surface area contributed by atoms with Gasteiger partial charge in [-0.15, -0.1) is 0 Å². The van der Waals surface area contributed by atoms with Crippen LogP contribution < -0.4 is 0 Å². The number of carbonyl (C=O) groups is 1. The highest BCUT2D eigenvalue weighted by Gasteiger charge is 2.50. The lowest BCUT2D eigenvalue weighted by molar-refractivity contribution is -0.167. The van der Waals surface area contributed by atoms with E-state index in [1.54, 1.807) is 0 Å². The summed E-state index contributed by atoms with van der Waals surface area (Å²) in [4.78, 5) is 11.6. The van der Waals surface area contributed by atoms with Gasteiger partial charge in [-0.1, -0.05) is 25.5 Å². The Balaban J connectivity index is 1.99. The highest BCUT2D eigenvalue weighted by molar-refractivity contribution is 5.73. The van der Waals surface area contributed by atoms with E-state index < -0.39 is 0 Å². The smallest absolute Gasteiger partial charge is 0.308 e. The van der Waals surface area contributed by atoms with Gasteiger partial charge in [0.2, 0.25) is 0 Å².